The van der Waals surface area contributed by atoms with E-state index < -0.39 is 10.0 Å². The maximum absolute atomic E-state index is 12.1. The molecule has 0 aliphatic rings. The van der Waals surface area contributed by atoms with Gasteiger partial charge >= 0.3 is 0 Å². The lowest BCUT2D eigenvalue weighted by Gasteiger charge is -2.12. The van der Waals surface area contributed by atoms with Gasteiger partial charge in [0.25, 0.3) is 0 Å². The Kier molecular flexibility index (Phi) is 6.65. The van der Waals surface area contributed by atoms with Gasteiger partial charge < -0.3 is 5.32 Å². The highest BCUT2D eigenvalue weighted by atomic mass is 32.2. The molecule has 2 N–H and O–H groups in total. The summed E-state index contributed by atoms with van der Waals surface area (Å²) in [4.78, 5) is 0.328. The fraction of sp³-hybridized carbons (Fsp3) is 0.600. The molecule has 0 fully saturated rings. The number of hydrogen-bond donors (Lipinski definition) is 2. The first-order valence-corrected chi connectivity index (χ1v) is 8.62. The maximum Gasteiger partial charge on any atom is 0.240 e. The van der Waals surface area contributed by atoms with Crippen LogP contribution in [0.1, 0.15) is 45.2 Å². The van der Waals surface area contributed by atoms with E-state index in [9.17, 15) is 8.42 Å². The van der Waals surface area contributed by atoms with Crippen LogP contribution < -0.4 is 10.0 Å². The van der Waals surface area contributed by atoms with E-state index in [1.165, 1.54) is 0 Å². The van der Waals surface area contributed by atoms with E-state index in [2.05, 4.69) is 23.9 Å². The third-order valence-corrected chi connectivity index (χ3v) is 4.85. The number of benzene rings is 1. The van der Waals surface area contributed by atoms with Gasteiger partial charge in [-0.25, -0.2) is 13.1 Å². The second kappa shape index (κ2) is 7.76. The predicted octanol–water partition coefficient (Wildman–Crippen LogP) is 2.68. The van der Waals surface area contributed by atoms with Gasteiger partial charge in [0, 0.05) is 12.6 Å². The van der Waals surface area contributed by atoms with Crippen molar-refractivity contribution in [2.75, 3.05) is 13.6 Å². The van der Waals surface area contributed by atoms with Gasteiger partial charge in [-0.15, -0.1) is 0 Å². The fourth-order valence-electron chi connectivity index (χ4n) is 1.90. The van der Waals surface area contributed by atoms with Gasteiger partial charge in [0.05, 0.1) is 4.90 Å². The summed E-state index contributed by atoms with van der Waals surface area (Å²) in [5.41, 5.74) is 1.08. The summed E-state index contributed by atoms with van der Waals surface area (Å²) >= 11 is 0. The highest BCUT2D eigenvalue weighted by Gasteiger charge is 2.13. The standard InChI is InChI=1S/C15H26N2O2S/c1-12(2)6-5-11-17-20(18,19)15-9-7-14(8-10-15)13(3)16-4/h7-10,12-13,16-17H,5-6,11H2,1-4H3. The van der Waals surface area contributed by atoms with E-state index in [0.717, 1.165) is 18.4 Å². The zero-order chi connectivity index (χ0) is 15.2. The summed E-state index contributed by atoms with van der Waals surface area (Å²) in [6.45, 7) is 6.80. The van der Waals surface area contributed by atoms with Gasteiger partial charge in [-0.1, -0.05) is 26.0 Å². The van der Waals surface area contributed by atoms with Crippen molar-refractivity contribution in [3.05, 3.63) is 29.8 Å². The molecule has 114 valence electrons. The van der Waals surface area contributed by atoms with Crippen LogP contribution in [0.4, 0.5) is 0 Å². The maximum atomic E-state index is 12.1. The summed E-state index contributed by atoms with van der Waals surface area (Å²) in [5.74, 6) is 0.599. The van der Waals surface area contributed by atoms with Gasteiger partial charge in [0.1, 0.15) is 0 Å². The minimum Gasteiger partial charge on any atom is -0.313 e. The summed E-state index contributed by atoms with van der Waals surface area (Å²) in [6.07, 6.45) is 1.90. The molecule has 0 bridgehead atoms. The molecule has 0 aliphatic carbocycles. The van der Waals surface area contributed by atoms with Crippen molar-refractivity contribution in [3.8, 4) is 0 Å². The van der Waals surface area contributed by atoms with Crippen LogP contribution in [0.2, 0.25) is 0 Å². The number of hydrogen-bond acceptors (Lipinski definition) is 3. The Bertz CT molecular complexity index is 495. The molecule has 1 rings (SSSR count). The molecule has 4 nitrogen and oxygen atoms in total. The Labute approximate surface area is 123 Å². The van der Waals surface area contributed by atoms with Crippen LogP contribution in [0.15, 0.2) is 29.2 Å². The van der Waals surface area contributed by atoms with Crippen molar-refractivity contribution in [1.82, 2.24) is 10.0 Å². The molecule has 1 unspecified atom stereocenters. The van der Waals surface area contributed by atoms with Crippen LogP contribution in [0.25, 0.3) is 0 Å². The second-order valence-electron chi connectivity index (χ2n) is 5.51. The van der Waals surface area contributed by atoms with E-state index in [1.807, 2.05) is 26.1 Å². The Hall–Kier alpha value is -0.910. The molecule has 20 heavy (non-hydrogen) atoms. The number of nitrogens with one attached hydrogen (secondary N) is 2. The molecule has 5 heteroatoms. The first kappa shape index (κ1) is 17.1. The minimum absolute atomic E-state index is 0.214. The molecule has 1 atom stereocenters. The van der Waals surface area contributed by atoms with Crippen LogP contribution in [0.3, 0.4) is 0 Å². The molecule has 0 saturated heterocycles. The van der Waals surface area contributed by atoms with Gasteiger partial charge in [-0.05, 0) is 50.4 Å². The summed E-state index contributed by atoms with van der Waals surface area (Å²) in [6, 6.07) is 7.24. The summed E-state index contributed by atoms with van der Waals surface area (Å²) < 4.78 is 26.9. The molecular formula is C15H26N2O2S. The lowest BCUT2D eigenvalue weighted by Crippen LogP contribution is -2.25. The van der Waals surface area contributed by atoms with Crippen LogP contribution >= 0.6 is 0 Å². The molecule has 0 saturated carbocycles. The highest BCUT2D eigenvalue weighted by Crippen LogP contribution is 2.15. The topological polar surface area (TPSA) is 58.2 Å². The van der Waals surface area contributed by atoms with Crippen molar-refractivity contribution >= 4 is 10.0 Å². The van der Waals surface area contributed by atoms with Gasteiger partial charge in [-0.3, -0.25) is 0 Å². The number of rotatable bonds is 8. The van der Waals surface area contributed by atoms with Crippen LogP contribution in [-0.4, -0.2) is 22.0 Å². The second-order valence-corrected chi connectivity index (χ2v) is 7.28. The molecule has 0 aliphatic heterocycles. The molecule has 0 amide bonds. The zero-order valence-electron chi connectivity index (χ0n) is 12.8. The van der Waals surface area contributed by atoms with Crippen molar-refractivity contribution in [2.24, 2.45) is 5.92 Å². The third-order valence-electron chi connectivity index (χ3n) is 3.37. The van der Waals surface area contributed by atoms with Crippen molar-refractivity contribution in [2.45, 2.75) is 44.6 Å². The van der Waals surface area contributed by atoms with Crippen molar-refractivity contribution in [3.63, 3.8) is 0 Å². The Morgan fingerprint density at radius 1 is 1.10 bits per heavy atom. The summed E-state index contributed by atoms with van der Waals surface area (Å²) in [7, 11) is -1.50. The molecule has 1 aromatic carbocycles. The van der Waals surface area contributed by atoms with E-state index in [0.29, 0.717) is 17.4 Å². The smallest absolute Gasteiger partial charge is 0.240 e. The number of sulfonamides is 1. The van der Waals surface area contributed by atoms with Gasteiger partial charge in [0.2, 0.25) is 10.0 Å². The molecule has 0 aromatic heterocycles. The Balaban J connectivity index is 2.63. The van der Waals surface area contributed by atoms with Gasteiger partial charge in [-0.2, -0.15) is 0 Å². The molecular weight excluding hydrogens is 272 g/mol. The average molecular weight is 298 g/mol. The van der Waals surface area contributed by atoms with E-state index in [4.69, 9.17) is 0 Å². The largest absolute Gasteiger partial charge is 0.313 e. The lowest BCUT2D eigenvalue weighted by atomic mass is 10.1. The first-order chi connectivity index (χ1) is 9.36. The quantitative estimate of drug-likeness (QED) is 0.725. The third kappa shape index (κ3) is 5.23. The normalized spacial score (nSPS) is 13.7. The first-order valence-electron chi connectivity index (χ1n) is 7.13. The molecule has 1 aromatic rings. The van der Waals surface area contributed by atoms with Crippen molar-refractivity contribution < 1.29 is 8.42 Å². The van der Waals surface area contributed by atoms with E-state index in [1.54, 1.807) is 12.1 Å². The summed E-state index contributed by atoms with van der Waals surface area (Å²) in [5, 5.41) is 3.13. The van der Waals surface area contributed by atoms with E-state index in [-0.39, 0.29) is 6.04 Å². The Morgan fingerprint density at radius 3 is 2.20 bits per heavy atom. The van der Waals surface area contributed by atoms with Crippen molar-refractivity contribution in [1.29, 1.82) is 0 Å². The minimum atomic E-state index is -3.38. The molecule has 0 radical (unpaired) electrons. The lowest BCUT2D eigenvalue weighted by molar-refractivity contribution is 0.540. The van der Waals surface area contributed by atoms with Crippen LogP contribution in [0, 0.1) is 5.92 Å². The average Bonchev–Trinajstić information content (AvgIpc) is 2.43. The van der Waals surface area contributed by atoms with Gasteiger partial charge in [0.15, 0.2) is 0 Å². The Morgan fingerprint density at radius 2 is 1.70 bits per heavy atom. The highest BCUT2D eigenvalue weighted by molar-refractivity contribution is 7.89. The van der Waals surface area contributed by atoms with Crippen LogP contribution in [-0.2, 0) is 10.0 Å². The fourth-order valence-corrected chi connectivity index (χ4v) is 2.98. The van der Waals surface area contributed by atoms with Crippen LogP contribution in [0.5, 0.6) is 0 Å². The monoisotopic (exact) mass is 298 g/mol. The predicted molar refractivity (Wildman–Crippen MR) is 83.2 cm³/mol. The molecule has 0 spiro atoms. The zero-order valence-corrected chi connectivity index (χ0v) is 13.6. The molecule has 0 heterocycles. The van der Waals surface area contributed by atoms with E-state index >= 15 is 0 Å². The SMILES string of the molecule is CNC(C)c1ccc(S(=O)(=O)NCCCC(C)C)cc1.